The predicted molar refractivity (Wildman–Crippen MR) is 73.7 cm³/mol. The highest BCUT2D eigenvalue weighted by Gasteiger charge is 2.17. The molecule has 0 saturated carbocycles. The topological polar surface area (TPSA) is 39.6 Å². The Morgan fingerprint density at radius 2 is 2.22 bits per heavy atom. The van der Waals surface area contributed by atoms with Crippen molar-refractivity contribution in [2.75, 3.05) is 5.75 Å². The van der Waals surface area contributed by atoms with Crippen LogP contribution in [0.15, 0.2) is 41.6 Å². The first-order valence-corrected chi connectivity index (χ1v) is 7.15. The van der Waals surface area contributed by atoms with Crippen molar-refractivity contribution in [2.45, 2.75) is 23.7 Å². The van der Waals surface area contributed by atoms with Gasteiger partial charge in [-0.2, -0.15) is 5.26 Å². The SMILES string of the molecule is N#CC(c1cc[nH]c1)c1ccc2c(c1)CCCS2. The Morgan fingerprint density at radius 1 is 1.28 bits per heavy atom. The van der Waals surface area contributed by atoms with E-state index in [2.05, 4.69) is 29.3 Å². The van der Waals surface area contributed by atoms with E-state index in [0.717, 1.165) is 17.5 Å². The normalized spacial score (nSPS) is 15.7. The zero-order valence-electron chi connectivity index (χ0n) is 10.0. The zero-order chi connectivity index (χ0) is 12.4. The molecule has 90 valence electrons. The third kappa shape index (κ3) is 2.04. The van der Waals surface area contributed by atoms with E-state index in [4.69, 9.17) is 0 Å². The summed E-state index contributed by atoms with van der Waals surface area (Å²) in [5.41, 5.74) is 3.55. The molecular weight excluding hydrogens is 240 g/mol. The van der Waals surface area contributed by atoms with Gasteiger partial charge in [0.1, 0.15) is 0 Å². The maximum atomic E-state index is 9.39. The lowest BCUT2D eigenvalue weighted by molar-refractivity contribution is 0.881. The highest BCUT2D eigenvalue weighted by molar-refractivity contribution is 7.99. The Kier molecular flexibility index (Phi) is 3.12. The van der Waals surface area contributed by atoms with E-state index >= 15 is 0 Å². The van der Waals surface area contributed by atoms with Gasteiger partial charge in [-0.05, 0) is 47.4 Å². The van der Waals surface area contributed by atoms with E-state index in [1.54, 1.807) is 0 Å². The fourth-order valence-corrected chi connectivity index (χ4v) is 3.44. The third-order valence-electron chi connectivity index (χ3n) is 3.35. The second kappa shape index (κ2) is 4.91. The first-order valence-electron chi connectivity index (χ1n) is 6.16. The van der Waals surface area contributed by atoms with E-state index in [9.17, 15) is 5.26 Å². The van der Waals surface area contributed by atoms with Crippen molar-refractivity contribution in [3.63, 3.8) is 0 Å². The van der Waals surface area contributed by atoms with Gasteiger partial charge in [0.2, 0.25) is 0 Å². The molecule has 0 bridgehead atoms. The molecule has 2 nitrogen and oxygen atoms in total. The zero-order valence-corrected chi connectivity index (χ0v) is 10.8. The van der Waals surface area contributed by atoms with Crippen LogP contribution in [0.1, 0.15) is 29.0 Å². The molecule has 2 heterocycles. The molecule has 0 amide bonds. The van der Waals surface area contributed by atoms with Crippen LogP contribution in [-0.2, 0) is 6.42 Å². The lowest BCUT2D eigenvalue weighted by Crippen LogP contribution is -2.02. The summed E-state index contributed by atoms with van der Waals surface area (Å²) in [5, 5.41) is 9.39. The molecule has 2 aromatic rings. The lowest BCUT2D eigenvalue weighted by Gasteiger charge is -2.17. The molecule has 0 fully saturated rings. The molecule has 0 saturated heterocycles. The number of thioether (sulfide) groups is 1. The minimum Gasteiger partial charge on any atom is -0.367 e. The van der Waals surface area contributed by atoms with Crippen molar-refractivity contribution in [2.24, 2.45) is 0 Å². The van der Waals surface area contributed by atoms with Crippen LogP contribution in [0, 0.1) is 11.3 Å². The van der Waals surface area contributed by atoms with Gasteiger partial charge in [0.15, 0.2) is 0 Å². The van der Waals surface area contributed by atoms with Crippen LogP contribution in [-0.4, -0.2) is 10.7 Å². The molecule has 18 heavy (non-hydrogen) atoms. The number of hydrogen-bond acceptors (Lipinski definition) is 2. The highest BCUT2D eigenvalue weighted by atomic mass is 32.2. The van der Waals surface area contributed by atoms with Gasteiger partial charge in [0.05, 0.1) is 12.0 Å². The summed E-state index contributed by atoms with van der Waals surface area (Å²) in [6, 6.07) is 10.9. The number of aromatic nitrogens is 1. The van der Waals surface area contributed by atoms with Gasteiger partial charge < -0.3 is 4.98 Å². The number of nitrogens with zero attached hydrogens (tertiary/aromatic N) is 1. The number of fused-ring (bicyclic) bond motifs is 1. The maximum Gasteiger partial charge on any atom is 0.0977 e. The number of rotatable bonds is 2. The average Bonchev–Trinajstić information content (AvgIpc) is 2.93. The van der Waals surface area contributed by atoms with E-state index in [-0.39, 0.29) is 5.92 Å². The standard InChI is InChI=1S/C15H14N2S/c16-9-14(13-5-6-17-10-13)11-3-4-15-12(8-11)2-1-7-18-15/h3-6,8,10,14,17H,1-2,7H2. The number of aryl methyl sites for hydroxylation is 1. The molecule has 1 atom stereocenters. The molecule has 3 heteroatoms. The van der Waals surface area contributed by atoms with Crippen LogP contribution in [0.5, 0.6) is 0 Å². The Balaban J connectivity index is 1.99. The number of hydrogen-bond donors (Lipinski definition) is 1. The van der Waals surface area contributed by atoms with Gasteiger partial charge in [0, 0.05) is 17.3 Å². The van der Waals surface area contributed by atoms with Gasteiger partial charge in [0.25, 0.3) is 0 Å². The number of aromatic amines is 1. The smallest absolute Gasteiger partial charge is 0.0977 e. The van der Waals surface area contributed by atoms with Crippen molar-refractivity contribution in [1.29, 1.82) is 5.26 Å². The molecule has 0 aliphatic carbocycles. The first kappa shape index (κ1) is 11.4. The van der Waals surface area contributed by atoms with E-state index in [1.807, 2.05) is 30.2 Å². The van der Waals surface area contributed by atoms with Crippen LogP contribution >= 0.6 is 11.8 Å². The average molecular weight is 254 g/mol. The fourth-order valence-electron chi connectivity index (χ4n) is 2.42. The van der Waals surface area contributed by atoms with Crippen LogP contribution < -0.4 is 0 Å². The molecule has 1 unspecified atom stereocenters. The summed E-state index contributed by atoms with van der Waals surface area (Å²) >= 11 is 1.93. The fraction of sp³-hybridized carbons (Fsp3) is 0.267. The highest BCUT2D eigenvalue weighted by Crippen LogP contribution is 2.33. The second-order valence-corrected chi connectivity index (χ2v) is 5.66. The third-order valence-corrected chi connectivity index (χ3v) is 4.55. The van der Waals surface area contributed by atoms with Crippen LogP contribution in [0.25, 0.3) is 0 Å². The minimum atomic E-state index is -0.159. The van der Waals surface area contributed by atoms with Crippen molar-refractivity contribution in [3.05, 3.63) is 53.3 Å². The lowest BCUT2D eigenvalue weighted by atomic mass is 9.92. The molecule has 1 aromatic carbocycles. The summed E-state index contributed by atoms with van der Waals surface area (Å²) in [6.07, 6.45) is 6.15. The molecule has 1 aliphatic heterocycles. The monoisotopic (exact) mass is 254 g/mol. The Morgan fingerprint density at radius 3 is 3.00 bits per heavy atom. The van der Waals surface area contributed by atoms with Crippen molar-refractivity contribution < 1.29 is 0 Å². The quantitative estimate of drug-likeness (QED) is 0.887. The molecule has 0 radical (unpaired) electrons. The summed E-state index contributed by atoms with van der Waals surface area (Å²) in [6.45, 7) is 0. The second-order valence-electron chi connectivity index (χ2n) is 4.53. The molecular formula is C15H14N2S. The van der Waals surface area contributed by atoms with Gasteiger partial charge in [-0.1, -0.05) is 12.1 Å². The van der Waals surface area contributed by atoms with Crippen molar-refractivity contribution in [3.8, 4) is 6.07 Å². The Bertz CT molecular complexity index is 581. The first-order chi connectivity index (χ1) is 8.88. The molecule has 0 spiro atoms. The summed E-state index contributed by atoms with van der Waals surface area (Å²) < 4.78 is 0. The number of H-pyrrole nitrogens is 1. The number of nitrogens with one attached hydrogen (secondary N) is 1. The van der Waals surface area contributed by atoms with Crippen molar-refractivity contribution >= 4 is 11.8 Å². The predicted octanol–water partition coefficient (Wildman–Crippen LogP) is 3.71. The molecule has 1 N–H and O–H groups in total. The maximum absolute atomic E-state index is 9.39. The Labute approximate surface area is 111 Å². The minimum absolute atomic E-state index is 0.159. The van der Waals surface area contributed by atoms with Gasteiger partial charge in [-0.25, -0.2) is 0 Å². The number of benzene rings is 1. The Hall–Kier alpha value is -1.66. The van der Waals surface area contributed by atoms with Crippen LogP contribution in [0.3, 0.4) is 0 Å². The van der Waals surface area contributed by atoms with E-state index < -0.39 is 0 Å². The van der Waals surface area contributed by atoms with Crippen molar-refractivity contribution in [1.82, 2.24) is 4.98 Å². The summed E-state index contributed by atoms with van der Waals surface area (Å²) in [7, 11) is 0. The summed E-state index contributed by atoms with van der Waals surface area (Å²) in [5.74, 6) is 1.06. The molecule has 1 aromatic heterocycles. The van der Waals surface area contributed by atoms with E-state index in [1.165, 1.54) is 22.6 Å². The van der Waals surface area contributed by atoms with Crippen LogP contribution in [0.4, 0.5) is 0 Å². The number of nitriles is 1. The summed E-state index contributed by atoms with van der Waals surface area (Å²) in [4.78, 5) is 4.41. The molecule has 1 aliphatic rings. The largest absolute Gasteiger partial charge is 0.367 e. The van der Waals surface area contributed by atoms with Gasteiger partial charge >= 0.3 is 0 Å². The molecule has 3 rings (SSSR count). The van der Waals surface area contributed by atoms with E-state index in [0.29, 0.717) is 0 Å². The van der Waals surface area contributed by atoms with Gasteiger partial charge in [-0.15, -0.1) is 11.8 Å². The van der Waals surface area contributed by atoms with Crippen LogP contribution in [0.2, 0.25) is 0 Å². The van der Waals surface area contributed by atoms with Gasteiger partial charge in [-0.3, -0.25) is 0 Å².